The van der Waals surface area contributed by atoms with Crippen molar-refractivity contribution in [2.24, 2.45) is 5.92 Å². The van der Waals surface area contributed by atoms with Crippen molar-refractivity contribution in [3.05, 3.63) is 36.3 Å². The van der Waals surface area contributed by atoms with Crippen LogP contribution in [-0.4, -0.2) is 51.2 Å². The number of piperidine rings is 1. The van der Waals surface area contributed by atoms with E-state index in [9.17, 15) is 22.4 Å². The molecule has 31 heavy (non-hydrogen) atoms. The second kappa shape index (κ2) is 9.40. The number of aromatic nitrogens is 1. The van der Waals surface area contributed by atoms with Crippen LogP contribution in [0.5, 0.6) is 5.75 Å². The number of nitrogens with one attached hydrogen (secondary N) is 1. The van der Waals surface area contributed by atoms with Crippen LogP contribution in [0.1, 0.15) is 12.8 Å². The first-order valence-corrected chi connectivity index (χ1v) is 9.81. The van der Waals surface area contributed by atoms with Crippen LogP contribution in [0.4, 0.5) is 40.4 Å². The molecule has 1 N–H and O–H groups in total. The molecule has 0 radical (unpaired) electrons. The van der Waals surface area contributed by atoms with Gasteiger partial charge in [-0.05, 0) is 25.0 Å². The number of hydrogen-bond donors (Lipinski definition) is 1. The van der Waals surface area contributed by atoms with Gasteiger partial charge in [0, 0.05) is 45.0 Å². The molecule has 10 heteroatoms. The molecule has 0 aliphatic carbocycles. The number of anilines is 4. The number of alkyl halides is 3. The number of rotatable bonds is 7. The van der Waals surface area contributed by atoms with Crippen molar-refractivity contribution in [2.75, 3.05) is 48.9 Å². The molecule has 0 atom stereocenters. The van der Waals surface area contributed by atoms with Gasteiger partial charge in [0.15, 0.2) is 17.9 Å². The molecule has 1 aliphatic heterocycles. The van der Waals surface area contributed by atoms with Crippen LogP contribution in [0.3, 0.4) is 0 Å². The van der Waals surface area contributed by atoms with Gasteiger partial charge in [0.05, 0.1) is 23.5 Å². The van der Waals surface area contributed by atoms with Gasteiger partial charge >= 0.3 is 6.18 Å². The molecule has 0 unspecified atom stereocenters. The third-order valence-corrected chi connectivity index (χ3v) is 5.12. The fourth-order valence-electron chi connectivity index (χ4n) is 3.52. The number of halogens is 4. The molecule has 0 bridgehead atoms. The van der Waals surface area contributed by atoms with E-state index in [0.717, 1.165) is 5.69 Å². The summed E-state index contributed by atoms with van der Waals surface area (Å²) in [4.78, 5) is 18.1. The molecule has 2 aromatic rings. The molecule has 0 amide bonds. The summed E-state index contributed by atoms with van der Waals surface area (Å²) >= 11 is 0. The van der Waals surface area contributed by atoms with Gasteiger partial charge in [-0.3, -0.25) is 4.79 Å². The first kappa shape index (κ1) is 22.6. The summed E-state index contributed by atoms with van der Waals surface area (Å²) in [6.07, 6.45) is -2.30. The SMILES string of the molecule is CN(C)c1ccc(Nc2cnc(N3CCC(C(F)(F)F)CC3)c(F)c2)cc1OCC=O. The number of nitrogens with zero attached hydrogens (tertiary/aromatic N) is 3. The van der Waals surface area contributed by atoms with Gasteiger partial charge in [0.1, 0.15) is 12.4 Å². The van der Waals surface area contributed by atoms with Crippen LogP contribution < -0.4 is 19.9 Å². The van der Waals surface area contributed by atoms with Gasteiger partial charge in [-0.2, -0.15) is 13.2 Å². The lowest BCUT2D eigenvalue weighted by molar-refractivity contribution is -0.179. The number of hydrogen-bond acceptors (Lipinski definition) is 6. The molecule has 1 saturated heterocycles. The monoisotopic (exact) mass is 440 g/mol. The van der Waals surface area contributed by atoms with Gasteiger partial charge in [0.2, 0.25) is 0 Å². The Labute approximate surface area is 177 Å². The predicted molar refractivity (Wildman–Crippen MR) is 111 cm³/mol. The normalized spacial score (nSPS) is 15.0. The highest BCUT2D eigenvalue weighted by atomic mass is 19.4. The first-order valence-electron chi connectivity index (χ1n) is 9.81. The van der Waals surface area contributed by atoms with E-state index in [4.69, 9.17) is 4.74 Å². The summed E-state index contributed by atoms with van der Waals surface area (Å²) in [7, 11) is 3.68. The van der Waals surface area contributed by atoms with E-state index in [1.54, 1.807) is 23.1 Å². The summed E-state index contributed by atoms with van der Waals surface area (Å²) in [5.74, 6) is -1.44. The topological polar surface area (TPSA) is 57.7 Å². The molecule has 0 saturated carbocycles. The van der Waals surface area contributed by atoms with Crippen molar-refractivity contribution in [2.45, 2.75) is 19.0 Å². The van der Waals surface area contributed by atoms with Gasteiger partial charge in [-0.1, -0.05) is 0 Å². The minimum Gasteiger partial charge on any atom is -0.484 e. The van der Waals surface area contributed by atoms with E-state index in [-0.39, 0.29) is 38.4 Å². The van der Waals surface area contributed by atoms with Crippen molar-refractivity contribution in [3.63, 3.8) is 0 Å². The summed E-state index contributed by atoms with van der Waals surface area (Å²) in [5.41, 5.74) is 1.76. The highest BCUT2D eigenvalue weighted by Crippen LogP contribution is 2.36. The maximum absolute atomic E-state index is 14.6. The smallest absolute Gasteiger partial charge is 0.391 e. The third-order valence-electron chi connectivity index (χ3n) is 5.12. The van der Waals surface area contributed by atoms with E-state index >= 15 is 0 Å². The van der Waals surface area contributed by atoms with E-state index in [1.165, 1.54) is 12.3 Å². The van der Waals surface area contributed by atoms with Crippen molar-refractivity contribution in [1.29, 1.82) is 0 Å². The Balaban J connectivity index is 1.71. The van der Waals surface area contributed by atoms with Crippen molar-refractivity contribution >= 4 is 29.2 Å². The predicted octanol–water partition coefficient (Wildman–Crippen LogP) is 4.39. The summed E-state index contributed by atoms with van der Waals surface area (Å²) < 4.78 is 58.6. The van der Waals surface area contributed by atoms with Gasteiger partial charge in [-0.15, -0.1) is 0 Å². The summed E-state index contributed by atoms with van der Waals surface area (Å²) in [6, 6.07) is 6.51. The summed E-state index contributed by atoms with van der Waals surface area (Å²) in [6.45, 7) is 0.106. The zero-order valence-electron chi connectivity index (χ0n) is 17.2. The van der Waals surface area contributed by atoms with Gasteiger partial charge < -0.3 is 19.9 Å². The third kappa shape index (κ3) is 5.56. The number of benzene rings is 1. The quantitative estimate of drug-likeness (QED) is 0.509. The number of pyridine rings is 1. The zero-order valence-corrected chi connectivity index (χ0v) is 17.2. The van der Waals surface area contributed by atoms with Crippen LogP contribution in [0.15, 0.2) is 30.5 Å². The molecule has 1 aromatic carbocycles. The summed E-state index contributed by atoms with van der Waals surface area (Å²) in [5, 5.41) is 3.03. The molecule has 3 rings (SSSR count). The van der Waals surface area contributed by atoms with Crippen molar-refractivity contribution in [3.8, 4) is 5.75 Å². The fraction of sp³-hybridized carbons (Fsp3) is 0.429. The van der Waals surface area contributed by atoms with E-state index in [0.29, 0.717) is 23.4 Å². The fourth-order valence-corrected chi connectivity index (χ4v) is 3.52. The Morgan fingerprint density at radius 3 is 2.52 bits per heavy atom. The Kier molecular flexibility index (Phi) is 6.87. The molecule has 1 aliphatic rings. The molecule has 0 spiro atoms. The highest BCUT2D eigenvalue weighted by Gasteiger charge is 2.41. The standard InChI is InChI=1S/C21H24F4N4O2/c1-28(2)18-4-3-15(12-19(18)31-10-9-30)27-16-11-17(22)20(26-13-16)29-7-5-14(6-8-29)21(23,24)25/h3-4,9,11-14,27H,5-8,10H2,1-2H3. The van der Waals surface area contributed by atoms with E-state index < -0.39 is 17.9 Å². The molecule has 1 fully saturated rings. The van der Waals surface area contributed by atoms with Crippen molar-refractivity contribution in [1.82, 2.24) is 4.98 Å². The lowest BCUT2D eigenvalue weighted by Gasteiger charge is -2.33. The zero-order chi connectivity index (χ0) is 22.6. The van der Waals surface area contributed by atoms with Crippen LogP contribution in [-0.2, 0) is 4.79 Å². The number of carbonyl (C=O) groups excluding carboxylic acids is 1. The second-order valence-corrected chi connectivity index (χ2v) is 7.51. The van der Waals surface area contributed by atoms with Gasteiger partial charge in [0.25, 0.3) is 0 Å². The molecular weight excluding hydrogens is 416 g/mol. The number of carbonyl (C=O) groups is 1. The van der Waals surface area contributed by atoms with Crippen LogP contribution in [0.25, 0.3) is 0 Å². The minimum atomic E-state index is -4.22. The van der Waals surface area contributed by atoms with E-state index in [1.807, 2.05) is 19.0 Å². The van der Waals surface area contributed by atoms with Crippen LogP contribution >= 0.6 is 0 Å². The Morgan fingerprint density at radius 2 is 1.94 bits per heavy atom. The number of ether oxygens (including phenoxy) is 1. The first-order chi connectivity index (χ1) is 14.7. The van der Waals surface area contributed by atoms with E-state index in [2.05, 4.69) is 10.3 Å². The average Bonchev–Trinajstić information content (AvgIpc) is 2.72. The Bertz CT molecular complexity index is 913. The molecule has 6 nitrogen and oxygen atoms in total. The Morgan fingerprint density at radius 1 is 1.23 bits per heavy atom. The minimum absolute atomic E-state index is 0.0455. The largest absolute Gasteiger partial charge is 0.484 e. The Hall–Kier alpha value is -3.04. The lowest BCUT2D eigenvalue weighted by atomic mass is 9.96. The van der Waals surface area contributed by atoms with Crippen LogP contribution in [0.2, 0.25) is 0 Å². The number of aldehydes is 1. The maximum Gasteiger partial charge on any atom is 0.391 e. The maximum atomic E-state index is 14.6. The van der Waals surface area contributed by atoms with Crippen molar-refractivity contribution < 1.29 is 27.1 Å². The van der Waals surface area contributed by atoms with Gasteiger partial charge in [-0.25, -0.2) is 9.37 Å². The highest BCUT2D eigenvalue weighted by molar-refractivity contribution is 5.69. The van der Waals surface area contributed by atoms with Crippen LogP contribution in [0, 0.1) is 11.7 Å². The second-order valence-electron chi connectivity index (χ2n) is 7.51. The molecule has 168 valence electrons. The average molecular weight is 440 g/mol. The molecule has 2 heterocycles. The molecule has 1 aromatic heterocycles. The molecular formula is C21H24F4N4O2. The lowest BCUT2D eigenvalue weighted by Crippen LogP contribution is -2.39.